The van der Waals surface area contributed by atoms with E-state index in [0.29, 0.717) is 0 Å². The molecular weight excluding hydrogens is 286 g/mol. The highest BCUT2D eigenvalue weighted by Gasteiger charge is 2.17. The summed E-state index contributed by atoms with van der Waals surface area (Å²) < 4.78 is 40.6. The molecule has 0 saturated heterocycles. The van der Waals surface area contributed by atoms with Gasteiger partial charge in [0.15, 0.2) is 5.69 Å². The lowest BCUT2D eigenvalue weighted by Gasteiger charge is -2.03. The number of pyridine rings is 1. The Labute approximate surface area is 116 Å². The van der Waals surface area contributed by atoms with E-state index in [4.69, 9.17) is 23.1 Å². The monoisotopic (exact) mass is 298 g/mol. The molecule has 2 heterocycles. The zero-order chi connectivity index (χ0) is 14.9. The Bertz CT molecular complexity index is 741. The molecule has 6 nitrogen and oxygen atoms in total. The largest absolute Gasteiger partial charge is 0.398 e. The number of para-hydroxylation sites is 2. The minimum atomic E-state index is -4.69. The Hall–Kier alpha value is -1.70. The van der Waals surface area contributed by atoms with Crippen LogP contribution in [-0.4, -0.2) is 4.66 Å². The zero-order valence-corrected chi connectivity index (χ0v) is 11.6. The van der Waals surface area contributed by atoms with Crippen LogP contribution in [0.15, 0.2) is 40.8 Å². The van der Waals surface area contributed by atoms with E-state index in [0.717, 1.165) is 16.8 Å². The molecule has 0 saturated carbocycles. The predicted octanol–water partition coefficient (Wildman–Crippen LogP) is -1.34. The quantitative estimate of drug-likeness (QED) is 0.517. The average molecular weight is 299 g/mol. The lowest BCUT2D eigenvalue weighted by molar-refractivity contribution is -1.92. The van der Waals surface area contributed by atoms with Crippen LogP contribution in [0.4, 0.5) is 0 Å². The van der Waals surface area contributed by atoms with Gasteiger partial charge >= 0.3 is 5.71 Å². The number of hydrogen-bond acceptors (Lipinski definition) is 5. The summed E-state index contributed by atoms with van der Waals surface area (Å²) in [5.41, 5.74) is 5.41. The smallest absolute Gasteiger partial charge is 0.380 e. The molecule has 20 heavy (non-hydrogen) atoms. The molecular formula is C13H13ClNO5+. The molecule has 3 aromatic rings. The molecule has 0 unspecified atom stereocenters. The summed E-state index contributed by atoms with van der Waals surface area (Å²) in [4.78, 5) is 0. The van der Waals surface area contributed by atoms with Crippen molar-refractivity contribution in [2.75, 3.05) is 0 Å². The number of aromatic nitrogens is 1. The van der Waals surface area contributed by atoms with Gasteiger partial charge in [0.2, 0.25) is 5.58 Å². The minimum Gasteiger partial charge on any atom is -0.398 e. The third kappa shape index (κ3) is 3.44. The van der Waals surface area contributed by atoms with E-state index >= 15 is 0 Å². The Morgan fingerprint density at radius 1 is 1.10 bits per heavy atom. The van der Waals surface area contributed by atoms with Gasteiger partial charge in [0.05, 0.1) is 21.0 Å². The number of hydrogen-bond donors (Lipinski definition) is 1. The number of nitrogens with zero attached hydrogens (tertiary/aromatic N) is 1. The van der Waals surface area contributed by atoms with Gasteiger partial charge in [-0.05, 0) is 18.6 Å². The van der Waals surface area contributed by atoms with Gasteiger partial charge in [-0.1, -0.05) is 12.1 Å². The topological polar surface area (TPSA) is 107 Å². The van der Waals surface area contributed by atoms with E-state index in [9.17, 15) is 0 Å². The fourth-order valence-electron chi connectivity index (χ4n) is 2.09. The van der Waals surface area contributed by atoms with Crippen molar-refractivity contribution in [2.45, 2.75) is 13.8 Å². The molecule has 0 bridgehead atoms. The van der Waals surface area contributed by atoms with Gasteiger partial charge in [-0.2, -0.15) is 14.0 Å². The third-order valence-electron chi connectivity index (χ3n) is 2.68. The number of benzene rings is 1. The van der Waals surface area contributed by atoms with Crippen LogP contribution in [0, 0.1) is 24.1 Å². The zero-order valence-electron chi connectivity index (χ0n) is 10.9. The summed E-state index contributed by atoms with van der Waals surface area (Å²) in [6.07, 6.45) is 0. The number of oxazole rings is 1. The molecule has 2 aromatic heterocycles. The highest BCUT2D eigenvalue weighted by molar-refractivity contribution is 5.70. The van der Waals surface area contributed by atoms with E-state index in [1.807, 2.05) is 18.2 Å². The molecule has 0 aliphatic rings. The second-order valence-electron chi connectivity index (χ2n) is 4.31. The van der Waals surface area contributed by atoms with Gasteiger partial charge in [-0.25, -0.2) is 0 Å². The van der Waals surface area contributed by atoms with Crippen LogP contribution in [0.3, 0.4) is 0 Å². The van der Waals surface area contributed by atoms with E-state index in [2.05, 4.69) is 36.4 Å². The van der Waals surface area contributed by atoms with Crippen LogP contribution in [0.2, 0.25) is 0 Å². The molecule has 1 N–H and O–H groups in total. The van der Waals surface area contributed by atoms with Crippen molar-refractivity contribution in [1.29, 1.82) is 0 Å². The molecule has 0 fully saturated rings. The van der Waals surface area contributed by atoms with Gasteiger partial charge in [-0.15, -0.1) is 4.40 Å². The summed E-state index contributed by atoms with van der Waals surface area (Å²) >= 11 is 0. The van der Waals surface area contributed by atoms with E-state index in [-0.39, 0.29) is 0 Å². The maximum atomic E-state index is 8.60. The normalized spacial score (nSPS) is 11.5. The summed E-state index contributed by atoms with van der Waals surface area (Å²) in [5, 5.41) is 0. The van der Waals surface area contributed by atoms with Gasteiger partial charge < -0.3 is 4.42 Å². The predicted molar refractivity (Wildman–Crippen MR) is 61.1 cm³/mol. The van der Waals surface area contributed by atoms with E-state index in [1.54, 1.807) is 0 Å². The standard InChI is InChI=1S/C13H12NO.ClHO4/c1-9-7-10(2)14-11-5-3-4-6-12(11)15-13(14)8-9;2-1(3,4)5/h3-8H,1-2H3;(H,2,3,4,5)/q+1;. The lowest BCUT2D eigenvalue weighted by Crippen LogP contribution is -2.58. The number of fused-ring (bicyclic) bond motifs is 3. The van der Waals surface area contributed by atoms with E-state index < -0.39 is 10.2 Å². The van der Waals surface area contributed by atoms with Crippen molar-refractivity contribution in [1.82, 2.24) is 0 Å². The van der Waals surface area contributed by atoms with E-state index in [1.165, 1.54) is 11.3 Å². The van der Waals surface area contributed by atoms with Crippen LogP contribution in [0.1, 0.15) is 11.3 Å². The summed E-state index contributed by atoms with van der Waals surface area (Å²) in [5.74, 6) is 0. The SMILES string of the molecule is Cc1cc(C)[n+]2c(c1)oc1ccccc12.[O-][Cl+3]([O-])([O-])O. The first kappa shape index (κ1) is 14.7. The molecule has 3 rings (SSSR count). The summed E-state index contributed by atoms with van der Waals surface area (Å²) in [6.45, 7) is 4.18. The minimum absolute atomic E-state index is 0.911. The van der Waals surface area contributed by atoms with Crippen molar-refractivity contribution in [3.8, 4) is 0 Å². The first-order valence-electron chi connectivity index (χ1n) is 5.69. The van der Waals surface area contributed by atoms with Crippen LogP contribution < -0.4 is 18.4 Å². The Kier molecular flexibility index (Phi) is 3.94. The van der Waals surface area contributed by atoms with Gasteiger partial charge in [0.1, 0.15) is 0 Å². The highest BCUT2D eigenvalue weighted by atomic mass is 35.7. The van der Waals surface area contributed by atoms with Crippen molar-refractivity contribution >= 4 is 16.8 Å². The Morgan fingerprint density at radius 2 is 1.70 bits per heavy atom. The molecule has 0 atom stereocenters. The molecule has 0 aliphatic heterocycles. The van der Waals surface area contributed by atoms with Gasteiger partial charge in [0, 0.05) is 19.1 Å². The van der Waals surface area contributed by atoms with Gasteiger partial charge in [-0.3, -0.25) is 0 Å². The Balaban J connectivity index is 0.000000257. The second kappa shape index (κ2) is 5.35. The first-order valence-corrected chi connectivity index (χ1v) is 6.96. The first-order chi connectivity index (χ1) is 9.25. The summed E-state index contributed by atoms with van der Waals surface area (Å²) in [6, 6.07) is 12.3. The van der Waals surface area contributed by atoms with Crippen LogP contribution in [0.5, 0.6) is 0 Å². The fourth-order valence-corrected chi connectivity index (χ4v) is 2.09. The number of aryl methyl sites for hydroxylation is 2. The molecule has 106 valence electrons. The van der Waals surface area contributed by atoms with Crippen LogP contribution >= 0.6 is 0 Å². The van der Waals surface area contributed by atoms with Crippen LogP contribution in [-0.2, 0) is 0 Å². The number of rotatable bonds is 0. The molecule has 0 amide bonds. The van der Waals surface area contributed by atoms with Crippen molar-refractivity contribution in [2.24, 2.45) is 0 Å². The van der Waals surface area contributed by atoms with Crippen molar-refractivity contribution in [3.05, 3.63) is 47.7 Å². The third-order valence-corrected chi connectivity index (χ3v) is 2.68. The van der Waals surface area contributed by atoms with Crippen molar-refractivity contribution < 1.29 is 37.7 Å². The Morgan fingerprint density at radius 3 is 2.35 bits per heavy atom. The molecule has 7 heteroatoms. The highest BCUT2D eigenvalue weighted by Crippen LogP contribution is 2.16. The van der Waals surface area contributed by atoms with Gasteiger partial charge in [0.25, 0.3) is 5.52 Å². The lowest BCUT2D eigenvalue weighted by atomic mass is 10.2. The maximum Gasteiger partial charge on any atom is 0.380 e. The second-order valence-corrected chi connectivity index (χ2v) is 5.11. The molecule has 0 aliphatic carbocycles. The van der Waals surface area contributed by atoms with Crippen molar-refractivity contribution in [3.63, 3.8) is 0 Å². The molecule has 0 radical (unpaired) electrons. The van der Waals surface area contributed by atoms with Crippen LogP contribution in [0.25, 0.3) is 16.8 Å². The average Bonchev–Trinajstić information content (AvgIpc) is 2.64. The molecule has 0 spiro atoms. The number of halogens is 1. The fraction of sp³-hybridized carbons (Fsp3) is 0.154. The molecule has 1 aromatic carbocycles. The maximum absolute atomic E-state index is 8.60. The summed E-state index contributed by atoms with van der Waals surface area (Å²) in [7, 11) is -4.69.